The minimum absolute atomic E-state index is 0.0721. The average Bonchev–Trinajstić information content (AvgIpc) is 2.39. The smallest absolute Gasteiger partial charge is 0.236 e. The number of hydrogen-bond acceptors (Lipinski definition) is 4. The van der Waals surface area contributed by atoms with Crippen molar-refractivity contribution in [3.8, 4) is 0 Å². The molecule has 0 radical (unpaired) electrons. The molecule has 2 heterocycles. The highest BCUT2D eigenvalue weighted by atomic mass is 32.2. The van der Waals surface area contributed by atoms with Crippen LogP contribution >= 0.6 is 0 Å². The Morgan fingerprint density at radius 2 is 2.33 bits per heavy atom. The molecule has 1 atom stereocenters. The molecule has 1 aromatic heterocycles. The number of pyridine rings is 1. The first-order valence-corrected chi connectivity index (χ1v) is 7.80. The molecule has 1 aliphatic rings. The van der Waals surface area contributed by atoms with Crippen molar-refractivity contribution < 1.29 is 8.42 Å². The zero-order chi connectivity index (χ0) is 13.0. The van der Waals surface area contributed by atoms with Crippen molar-refractivity contribution in [1.82, 2.24) is 10.3 Å². The highest BCUT2D eigenvalue weighted by molar-refractivity contribution is 7.92. The first-order chi connectivity index (χ1) is 8.59. The Morgan fingerprint density at radius 1 is 1.50 bits per heavy atom. The molecule has 2 rings (SSSR count). The number of hydrogen-bond donors (Lipinski definition) is 1. The van der Waals surface area contributed by atoms with Gasteiger partial charge in [0, 0.05) is 19.3 Å². The minimum Gasteiger partial charge on any atom is -0.313 e. The first kappa shape index (κ1) is 13.3. The predicted octanol–water partition coefficient (Wildman–Crippen LogP) is 0.990. The fraction of sp³-hybridized carbons (Fsp3) is 0.583. The molecule has 1 aliphatic heterocycles. The quantitative estimate of drug-likeness (QED) is 0.885. The molecule has 100 valence electrons. The van der Waals surface area contributed by atoms with Gasteiger partial charge >= 0.3 is 0 Å². The Bertz CT molecular complexity index is 469. The standard InChI is InChI=1S/C12H19N3O2S/c1-15(12-6-4-7-13-9-12)18(16,17)10-11-5-2-3-8-14-11/h4,6-7,9,11,14H,2-3,5,8,10H2,1H3. The van der Waals surface area contributed by atoms with E-state index in [1.54, 1.807) is 31.6 Å². The molecule has 18 heavy (non-hydrogen) atoms. The maximum absolute atomic E-state index is 12.3. The van der Waals surface area contributed by atoms with Crippen molar-refractivity contribution >= 4 is 15.7 Å². The van der Waals surface area contributed by atoms with Crippen LogP contribution in [0.15, 0.2) is 24.5 Å². The largest absolute Gasteiger partial charge is 0.313 e. The fourth-order valence-electron chi connectivity index (χ4n) is 2.13. The van der Waals surface area contributed by atoms with Gasteiger partial charge in [-0.15, -0.1) is 0 Å². The summed E-state index contributed by atoms with van der Waals surface area (Å²) in [6.45, 7) is 0.913. The Morgan fingerprint density at radius 3 is 2.94 bits per heavy atom. The highest BCUT2D eigenvalue weighted by Crippen LogP contribution is 2.17. The van der Waals surface area contributed by atoms with Gasteiger partial charge in [-0.25, -0.2) is 8.42 Å². The van der Waals surface area contributed by atoms with Crippen LogP contribution in [0.4, 0.5) is 5.69 Å². The zero-order valence-corrected chi connectivity index (χ0v) is 11.4. The molecule has 0 bridgehead atoms. The molecule has 5 nitrogen and oxygen atoms in total. The molecule has 1 saturated heterocycles. The third kappa shape index (κ3) is 3.20. The van der Waals surface area contributed by atoms with E-state index in [9.17, 15) is 8.42 Å². The van der Waals surface area contributed by atoms with Gasteiger partial charge in [-0.3, -0.25) is 9.29 Å². The lowest BCUT2D eigenvalue weighted by molar-refractivity contribution is 0.423. The molecule has 1 aromatic rings. The molecule has 0 aromatic carbocycles. The van der Waals surface area contributed by atoms with Crippen LogP contribution in [0.5, 0.6) is 0 Å². The Hall–Kier alpha value is -1.14. The third-order valence-corrected chi connectivity index (χ3v) is 5.12. The van der Waals surface area contributed by atoms with E-state index < -0.39 is 10.0 Å². The van der Waals surface area contributed by atoms with Crippen molar-refractivity contribution in [3.63, 3.8) is 0 Å². The van der Waals surface area contributed by atoms with E-state index in [0.717, 1.165) is 25.8 Å². The average molecular weight is 269 g/mol. The van der Waals surface area contributed by atoms with Crippen molar-refractivity contribution in [2.24, 2.45) is 0 Å². The monoisotopic (exact) mass is 269 g/mol. The summed E-state index contributed by atoms with van der Waals surface area (Å²) in [6, 6.07) is 3.56. The van der Waals surface area contributed by atoms with Crippen LogP contribution in [0, 0.1) is 0 Å². The summed E-state index contributed by atoms with van der Waals surface area (Å²) < 4.78 is 25.8. The van der Waals surface area contributed by atoms with Gasteiger partial charge in [-0.05, 0) is 31.5 Å². The maximum atomic E-state index is 12.3. The van der Waals surface area contributed by atoms with Gasteiger partial charge in [0.2, 0.25) is 10.0 Å². The van der Waals surface area contributed by atoms with Crippen LogP contribution in [0.2, 0.25) is 0 Å². The number of aromatic nitrogens is 1. The second-order valence-electron chi connectivity index (χ2n) is 4.60. The van der Waals surface area contributed by atoms with Crippen LogP contribution in [0.1, 0.15) is 19.3 Å². The van der Waals surface area contributed by atoms with Gasteiger partial charge < -0.3 is 5.32 Å². The summed E-state index contributed by atoms with van der Waals surface area (Å²) in [6.07, 6.45) is 6.36. The van der Waals surface area contributed by atoms with Gasteiger partial charge in [-0.2, -0.15) is 0 Å². The molecule has 1 N–H and O–H groups in total. The predicted molar refractivity (Wildman–Crippen MR) is 72.1 cm³/mol. The Labute approximate surface area is 108 Å². The summed E-state index contributed by atoms with van der Waals surface area (Å²) in [5.41, 5.74) is 0.605. The second kappa shape index (κ2) is 5.67. The van der Waals surface area contributed by atoms with Gasteiger partial charge in [-0.1, -0.05) is 6.42 Å². The Kier molecular flexibility index (Phi) is 4.19. The number of piperidine rings is 1. The highest BCUT2D eigenvalue weighted by Gasteiger charge is 2.24. The van der Waals surface area contributed by atoms with Gasteiger partial charge in [0.05, 0.1) is 17.6 Å². The summed E-state index contributed by atoms with van der Waals surface area (Å²) in [7, 11) is -1.70. The normalized spacial score (nSPS) is 20.6. The summed E-state index contributed by atoms with van der Waals surface area (Å²) >= 11 is 0. The molecule has 1 fully saturated rings. The van der Waals surface area contributed by atoms with Crippen LogP contribution < -0.4 is 9.62 Å². The van der Waals surface area contributed by atoms with Gasteiger partial charge in [0.15, 0.2) is 0 Å². The fourth-order valence-corrected chi connectivity index (χ4v) is 3.58. The lowest BCUT2D eigenvalue weighted by Crippen LogP contribution is -2.43. The van der Waals surface area contributed by atoms with Crippen LogP contribution in [0.3, 0.4) is 0 Å². The minimum atomic E-state index is -3.28. The molecular weight excluding hydrogens is 250 g/mol. The van der Waals surface area contributed by atoms with E-state index in [1.165, 1.54) is 4.31 Å². The lowest BCUT2D eigenvalue weighted by atomic mass is 10.1. The first-order valence-electron chi connectivity index (χ1n) is 6.19. The van der Waals surface area contributed by atoms with E-state index in [1.807, 2.05) is 0 Å². The maximum Gasteiger partial charge on any atom is 0.236 e. The number of rotatable bonds is 4. The van der Waals surface area contributed by atoms with Crippen LogP contribution in [-0.2, 0) is 10.0 Å². The topological polar surface area (TPSA) is 62.3 Å². The van der Waals surface area contributed by atoms with Gasteiger partial charge in [0.1, 0.15) is 0 Å². The lowest BCUT2D eigenvalue weighted by Gasteiger charge is -2.26. The molecule has 0 aliphatic carbocycles. The third-order valence-electron chi connectivity index (χ3n) is 3.25. The van der Waals surface area contributed by atoms with E-state index >= 15 is 0 Å². The molecule has 0 amide bonds. The van der Waals surface area contributed by atoms with Crippen molar-refractivity contribution in [2.75, 3.05) is 23.7 Å². The van der Waals surface area contributed by atoms with Crippen molar-refractivity contribution in [1.29, 1.82) is 0 Å². The Balaban J connectivity index is 2.06. The number of sulfonamides is 1. The molecule has 0 saturated carbocycles. The number of nitrogens with zero attached hydrogens (tertiary/aromatic N) is 2. The number of nitrogens with one attached hydrogen (secondary N) is 1. The van der Waals surface area contributed by atoms with Gasteiger partial charge in [0.25, 0.3) is 0 Å². The van der Waals surface area contributed by atoms with E-state index in [4.69, 9.17) is 0 Å². The summed E-state index contributed by atoms with van der Waals surface area (Å²) in [5, 5.41) is 3.26. The molecular formula is C12H19N3O2S. The SMILES string of the molecule is CN(c1cccnc1)S(=O)(=O)CC1CCCCN1. The van der Waals surface area contributed by atoms with Crippen molar-refractivity contribution in [3.05, 3.63) is 24.5 Å². The van der Waals surface area contributed by atoms with E-state index in [-0.39, 0.29) is 11.8 Å². The molecule has 6 heteroatoms. The van der Waals surface area contributed by atoms with Crippen LogP contribution in [0.25, 0.3) is 0 Å². The summed E-state index contributed by atoms with van der Waals surface area (Å²) in [5.74, 6) is 0.151. The number of anilines is 1. The second-order valence-corrected chi connectivity index (χ2v) is 6.65. The van der Waals surface area contributed by atoms with Crippen molar-refractivity contribution in [2.45, 2.75) is 25.3 Å². The zero-order valence-electron chi connectivity index (χ0n) is 10.5. The van der Waals surface area contributed by atoms with E-state index in [0.29, 0.717) is 5.69 Å². The summed E-state index contributed by atoms with van der Waals surface area (Å²) in [4.78, 5) is 3.94. The van der Waals surface area contributed by atoms with E-state index in [2.05, 4.69) is 10.3 Å². The van der Waals surface area contributed by atoms with Crippen LogP contribution in [-0.4, -0.2) is 38.8 Å². The molecule has 1 unspecified atom stereocenters. The molecule has 0 spiro atoms.